The molecule has 1 unspecified atom stereocenters. The molecule has 0 rings (SSSR count). The van der Waals surface area contributed by atoms with Crippen molar-refractivity contribution in [3.8, 4) is 0 Å². The van der Waals surface area contributed by atoms with Gasteiger partial charge in [0.05, 0.1) is 0 Å². The maximum atomic E-state index is 12.9. The van der Waals surface area contributed by atoms with Gasteiger partial charge in [-0.1, -0.05) is 387 Å². The zero-order valence-corrected chi connectivity index (χ0v) is 53.5. The van der Waals surface area contributed by atoms with E-state index in [4.69, 9.17) is 14.2 Å². The predicted octanol–water partition coefficient (Wildman–Crippen LogP) is 24.6. The first-order valence-corrected chi connectivity index (χ1v) is 36.0. The molecule has 1 atom stereocenters. The molecule has 0 aliphatic carbocycles. The highest BCUT2D eigenvalue weighted by molar-refractivity contribution is 5.71. The van der Waals surface area contributed by atoms with Crippen LogP contribution < -0.4 is 0 Å². The van der Waals surface area contributed by atoms with Crippen molar-refractivity contribution < 1.29 is 28.6 Å². The highest BCUT2D eigenvalue weighted by Crippen LogP contribution is 2.20. The van der Waals surface area contributed by atoms with Crippen molar-refractivity contribution in [3.63, 3.8) is 0 Å². The van der Waals surface area contributed by atoms with Gasteiger partial charge in [0.15, 0.2) is 6.10 Å². The Balaban J connectivity index is 3.98. The third-order valence-electron chi connectivity index (χ3n) is 16.9. The number of hydrogen-bond donors (Lipinski definition) is 0. The molecule has 0 saturated heterocycles. The Labute approximate surface area is 488 Å². The van der Waals surface area contributed by atoms with Crippen LogP contribution in [-0.4, -0.2) is 37.2 Å². The van der Waals surface area contributed by atoms with Gasteiger partial charge >= 0.3 is 17.9 Å². The van der Waals surface area contributed by atoms with Crippen LogP contribution in [0.25, 0.3) is 0 Å². The molecule has 0 amide bonds. The molecule has 464 valence electrons. The van der Waals surface area contributed by atoms with Gasteiger partial charge in [-0.3, -0.25) is 14.4 Å². The first-order valence-electron chi connectivity index (χ1n) is 36.0. The second-order valence-electron chi connectivity index (χ2n) is 24.9. The lowest BCUT2D eigenvalue weighted by atomic mass is 10.0. The van der Waals surface area contributed by atoms with E-state index in [1.165, 1.54) is 327 Å². The summed E-state index contributed by atoms with van der Waals surface area (Å²) in [5.41, 5.74) is 0. The first-order chi connectivity index (χ1) is 38.5. The zero-order chi connectivity index (χ0) is 56.4. The van der Waals surface area contributed by atoms with E-state index in [1.807, 2.05) is 0 Å². The van der Waals surface area contributed by atoms with Crippen LogP contribution in [-0.2, 0) is 28.6 Å². The second-order valence-corrected chi connectivity index (χ2v) is 24.9. The van der Waals surface area contributed by atoms with Crippen molar-refractivity contribution in [2.75, 3.05) is 13.2 Å². The summed E-state index contributed by atoms with van der Waals surface area (Å²) in [6.07, 6.45) is 80.4. The Morgan fingerprint density at radius 1 is 0.205 bits per heavy atom. The summed E-state index contributed by atoms with van der Waals surface area (Å²) >= 11 is 0. The monoisotopic (exact) mass is 1100 g/mol. The number of hydrogen-bond acceptors (Lipinski definition) is 6. The van der Waals surface area contributed by atoms with Gasteiger partial charge in [0.2, 0.25) is 0 Å². The molecule has 0 aliphatic rings. The molecule has 78 heavy (non-hydrogen) atoms. The molecular weight excluding hydrogens is 961 g/mol. The van der Waals surface area contributed by atoms with Crippen LogP contribution in [0.2, 0.25) is 0 Å². The van der Waals surface area contributed by atoms with Crippen molar-refractivity contribution in [2.24, 2.45) is 0 Å². The average Bonchev–Trinajstić information content (AvgIpc) is 3.44. The van der Waals surface area contributed by atoms with Gasteiger partial charge in [0, 0.05) is 19.3 Å². The fraction of sp³-hybridized carbons (Fsp3) is 0.958. The van der Waals surface area contributed by atoms with E-state index >= 15 is 0 Å². The molecular formula is C72H140O6. The largest absolute Gasteiger partial charge is 0.462 e. The standard InChI is InChI=1S/C72H140O6/c1-4-7-10-13-16-18-20-22-24-26-28-30-32-34-36-38-39-41-43-45-47-49-51-53-56-59-62-65-71(74)77-68-69(67-76-70(73)64-61-58-55-15-12-9-6-3)78-72(75)66-63-60-57-54-52-50-48-46-44-42-40-37-35-33-31-29-27-25-23-21-19-17-14-11-8-5-2/h69H,4-68H2,1-3H3. The normalized spacial score (nSPS) is 11.9. The predicted molar refractivity (Wildman–Crippen MR) is 340 cm³/mol. The first kappa shape index (κ1) is 76.4. The van der Waals surface area contributed by atoms with Gasteiger partial charge in [-0.25, -0.2) is 0 Å². The smallest absolute Gasteiger partial charge is 0.306 e. The van der Waals surface area contributed by atoms with Crippen molar-refractivity contribution in [1.82, 2.24) is 0 Å². The van der Waals surface area contributed by atoms with Gasteiger partial charge in [-0.2, -0.15) is 0 Å². The average molecular weight is 1100 g/mol. The van der Waals surface area contributed by atoms with E-state index in [9.17, 15) is 14.4 Å². The fourth-order valence-corrected chi connectivity index (χ4v) is 11.5. The number of unbranched alkanes of at least 4 members (excludes halogenated alkanes) is 57. The van der Waals surface area contributed by atoms with E-state index in [0.717, 1.165) is 57.8 Å². The Kier molecular flexibility index (Phi) is 66.5. The van der Waals surface area contributed by atoms with E-state index in [2.05, 4.69) is 20.8 Å². The van der Waals surface area contributed by atoms with E-state index in [-0.39, 0.29) is 31.1 Å². The molecule has 0 fully saturated rings. The summed E-state index contributed by atoms with van der Waals surface area (Å²) in [7, 11) is 0. The number of carbonyl (C=O) groups is 3. The number of ether oxygens (including phenoxy) is 3. The SMILES string of the molecule is CCCCCCCCCCCCCCCCCCCCCCCCCCCCCC(=O)OCC(COC(=O)CCCCCCCCC)OC(=O)CCCCCCCCCCCCCCCCCCCCCCCCCCCC. The Hall–Kier alpha value is -1.59. The summed E-state index contributed by atoms with van der Waals surface area (Å²) in [6, 6.07) is 0. The van der Waals surface area contributed by atoms with Gasteiger partial charge in [-0.15, -0.1) is 0 Å². The van der Waals surface area contributed by atoms with Crippen molar-refractivity contribution in [2.45, 2.75) is 431 Å². The van der Waals surface area contributed by atoms with Gasteiger partial charge < -0.3 is 14.2 Å². The van der Waals surface area contributed by atoms with E-state index < -0.39 is 6.10 Å². The minimum absolute atomic E-state index is 0.0612. The third kappa shape index (κ3) is 65.2. The van der Waals surface area contributed by atoms with Gasteiger partial charge in [0.25, 0.3) is 0 Å². The number of rotatable bonds is 68. The summed E-state index contributed by atoms with van der Waals surface area (Å²) in [4.78, 5) is 38.2. The molecule has 0 aromatic heterocycles. The fourth-order valence-electron chi connectivity index (χ4n) is 11.5. The molecule has 0 radical (unpaired) electrons. The Bertz CT molecular complexity index is 1170. The highest BCUT2D eigenvalue weighted by atomic mass is 16.6. The second kappa shape index (κ2) is 67.9. The van der Waals surface area contributed by atoms with Crippen LogP contribution in [0.1, 0.15) is 425 Å². The van der Waals surface area contributed by atoms with Crippen molar-refractivity contribution in [1.29, 1.82) is 0 Å². The molecule has 0 bridgehead atoms. The van der Waals surface area contributed by atoms with E-state index in [1.54, 1.807) is 0 Å². The Morgan fingerprint density at radius 2 is 0.346 bits per heavy atom. The van der Waals surface area contributed by atoms with Crippen LogP contribution in [0.15, 0.2) is 0 Å². The lowest BCUT2D eigenvalue weighted by Crippen LogP contribution is -2.30. The lowest BCUT2D eigenvalue weighted by Gasteiger charge is -2.18. The minimum atomic E-state index is -0.762. The van der Waals surface area contributed by atoms with Crippen molar-refractivity contribution >= 4 is 17.9 Å². The molecule has 0 saturated carbocycles. The number of carbonyl (C=O) groups excluding carboxylic acids is 3. The minimum Gasteiger partial charge on any atom is -0.462 e. The van der Waals surface area contributed by atoms with Gasteiger partial charge in [-0.05, 0) is 19.3 Å². The maximum Gasteiger partial charge on any atom is 0.306 e. The van der Waals surface area contributed by atoms with Gasteiger partial charge in [0.1, 0.15) is 13.2 Å². The molecule has 0 aromatic carbocycles. The van der Waals surface area contributed by atoms with Crippen molar-refractivity contribution in [3.05, 3.63) is 0 Å². The molecule has 6 heteroatoms. The quantitative estimate of drug-likeness (QED) is 0.0343. The molecule has 0 spiro atoms. The summed E-state index contributed by atoms with van der Waals surface area (Å²) in [6.45, 7) is 6.70. The zero-order valence-electron chi connectivity index (χ0n) is 53.5. The molecule has 0 N–H and O–H groups in total. The number of esters is 3. The van der Waals surface area contributed by atoms with Crippen LogP contribution in [0.3, 0.4) is 0 Å². The van der Waals surface area contributed by atoms with Crippen LogP contribution in [0.4, 0.5) is 0 Å². The molecule has 0 aliphatic heterocycles. The summed E-state index contributed by atoms with van der Waals surface area (Å²) < 4.78 is 16.9. The molecule has 0 heterocycles. The topological polar surface area (TPSA) is 78.9 Å². The highest BCUT2D eigenvalue weighted by Gasteiger charge is 2.20. The Morgan fingerprint density at radius 3 is 0.513 bits per heavy atom. The summed E-state index contributed by atoms with van der Waals surface area (Å²) in [5.74, 6) is -0.832. The summed E-state index contributed by atoms with van der Waals surface area (Å²) in [5, 5.41) is 0. The molecule has 0 aromatic rings. The van der Waals surface area contributed by atoms with Crippen LogP contribution >= 0.6 is 0 Å². The molecule has 6 nitrogen and oxygen atoms in total. The third-order valence-corrected chi connectivity index (χ3v) is 16.9. The lowest BCUT2D eigenvalue weighted by molar-refractivity contribution is -0.167. The maximum absolute atomic E-state index is 12.9. The van der Waals surface area contributed by atoms with Crippen LogP contribution in [0.5, 0.6) is 0 Å². The van der Waals surface area contributed by atoms with E-state index in [0.29, 0.717) is 19.3 Å². The van der Waals surface area contributed by atoms with Crippen LogP contribution in [0, 0.1) is 0 Å².